The van der Waals surface area contributed by atoms with E-state index in [-0.39, 0.29) is 10.8 Å². The van der Waals surface area contributed by atoms with E-state index < -0.39 is 0 Å². The van der Waals surface area contributed by atoms with E-state index in [0.29, 0.717) is 0 Å². The summed E-state index contributed by atoms with van der Waals surface area (Å²) in [5, 5.41) is 7.61. The zero-order chi connectivity index (χ0) is 9.84. The monoisotopic (exact) mass is 218 g/mol. The first kappa shape index (κ1) is 10.7. The van der Waals surface area contributed by atoms with Crippen LogP contribution in [-0.4, -0.2) is 10.2 Å². The summed E-state index contributed by atoms with van der Waals surface area (Å²) in [7, 11) is 0. The second-order valence-electron chi connectivity index (χ2n) is 2.86. The highest BCUT2D eigenvalue weighted by Crippen LogP contribution is 2.30. The first-order valence-electron chi connectivity index (χ1n) is 4.26. The number of aromatic nitrogens is 2. The topological polar surface area (TPSA) is 25.8 Å². The van der Waals surface area contributed by atoms with Crippen molar-refractivity contribution >= 4 is 23.2 Å². The highest BCUT2D eigenvalue weighted by Gasteiger charge is 2.15. The van der Waals surface area contributed by atoms with Crippen molar-refractivity contribution in [3.8, 4) is 0 Å². The summed E-state index contributed by atoms with van der Waals surface area (Å²) in [4.78, 5) is 0. The smallest absolute Gasteiger partial charge is 0.0853 e. The van der Waals surface area contributed by atoms with Crippen molar-refractivity contribution in [2.45, 2.75) is 31.0 Å². The van der Waals surface area contributed by atoms with Crippen molar-refractivity contribution < 1.29 is 0 Å². The molecule has 72 valence electrons. The van der Waals surface area contributed by atoms with Gasteiger partial charge in [-0.3, -0.25) is 0 Å². The highest BCUT2D eigenvalue weighted by atomic mass is 35.5. The van der Waals surface area contributed by atoms with Crippen LogP contribution in [0.25, 0.3) is 0 Å². The molecule has 0 N–H and O–H groups in total. The van der Waals surface area contributed by atoms with Gasteiger partial charge in [0.1, 0.15) is 0 Å². The molecule has 1 aromatic heterocycles. The Balaban J connectivity index is 3.04. The fourth-order valence-corrected chi connectivity index (χ4v) is 1.50. The molecule has 1 rings (SSSR count). The van der Waals surface area contributed by atoms with E-state index >= 15 is 0 Å². The molecule has 0 fully saturated rings. The quantitative estimate of drug-likeness (QED) is 0.727. The zero-order valence-electron chi connectivity index (χ0n) is 7.67. The van der Waals surface area contributed by atoms with Crippen molar-refractivity contribution in [3.05, 3.63) is 23.5 Å². The summed E-state index contributed by atoms with van der Waals surface area (Å²) in [6, 6.07) is 1.88. The Labute approximate surface area is 88.3 Å². The molecule has 0 bridgehead atoms. The van der Waals surface area contributed by atoms with Crippen molar-refractivity contribution in [1.82, 2.24) is 10.2 Å². The number of hydrogen-bond acceptors (Lipinski definition) is 2. The van der Waals surface area contributed by atoms with Gasteiger partial charge in [0.15, 0.2) is 0 Å². The second-order valence-corrected chi connectivity index (χ2v) is 4.05. The summed E-state index contributed by atoms with van der Waals surface area (Å²) in [6.45, 7) is 3.90. The standard InChI is InChI=1S/C9H12Cl2N2/c1-3-8(11)7-4-5-12-13-9(7)6(2)10/h4-6,8H,3H2,1-2H3. The molecule has 0 spiro atoms. The SMILES string of the molecule is CCC(Cl)c1ccnnc1C(C)Cl. The Hall–Kier alpha value is -0.340. The largest absolute Gasteiger partial charge is 0.159 e. The summed E-state index contributed by atoms with van der Waals surface area (Å²) in [5.41, 5.74) is 1.77. The predicted molar refractivity (Wildman–Crippen MR) is 55.2 cm³/mol. The summed E-state index contributed by atoms with van der Waals surface area (Å²) in [5.74, 6) is 0. The maximum Gasteiger partial charge on any atom is 0.0853 e. The molecule has 0 saturated heterocycles. The molecule has 2 unspecified atom stereocenters. The molecule has 13 heavy (non-hydrogen) atoms. The van der Waals surface area contributed by atoms with Crippen LogP contribution >= 0.6 is 23.2 Å². The van der Waals surface area contributed by atoms with E-state index in [4.69, 9.17) is 23.2 Å². The van der Waals surface area contributed by atoms with E-state index in [1.165, 1.54) is 0 Å². The lowest BCUT2D eigenvalue weighted by Crippen LogP contribution is -2.01. The van der Waals surface area contributed by atoms with Gasteiger partial charge in [-0.1, -0.05) is 6.92 Å². The molecule has 0 radical (unpaired) electrons. The van der Waals surface area contributed by atoms with Crippen LogP contribution in [0.5, 0.6) is 0 Å². The molecule has 2 atom stereocenters. The number of alkyl halides is 2. The molecule has 0 aliphatic carbocycles. The van der Waals surface area contributed by atoms with Crippen molar-refractivity contribution in [2.75, 3.05) is 0 Å². The minimum atomic E-state index is -0.142. The van der Waals surface area contributed by atoms with Crippen molar-refractivity contribution in [1.29, 1.82) is 0 Å². The van der Waals surface area contributed by atoms with Gasteiger partial charge in [0.05, 0.1) is 16.4 Å². The van der Waals surface area contributed by atoms with Crippen LogP contribution in [0.15, 0.2) is 12.3 Å². The van der Waals surface area contributed by atoms with Gasteiger partial charge in [-0.25, -0.2) is 0 Å². The van der Waals surface area contributed by atoms with E-state index in [1.807, 2.05) is 19.9 Å². The average molecular weight is 219 g/mol. The normalized spacial score (nSPS) is 15.4. The first-order valence-corrected chi connectivity index (χ1v) is 5.13. The molecule has 0 amide bonds. The number of hydrogen-bond donors (Lipinski definition) is 0. The molecule has 4 heteroatoms. The number of rotatable bonds is 3. The number of halogens is 2. The van der Waals surface area contributed by atoms with Crippen LogP contribution in [-0.2, 0) is 0 Å². The molecular weight excluding hydrogens is 207 g/mol. The summed E-state index contributed by atoms with van der Waals surface area (Å²) >= 11 is 12.1. The third-order valence-corrected chi connectivity index (χ3v) is 2.61. The van der Waals surface area contributed by atoms with Gasteiger partial charge >= 0.3 is 0 Å². The van der Waals surface area contributed by atoms with E-state index in [9.17, 15) is 0 Å². The fourth-order valence-electron chi connectivity index (χ4n) is 1.15. The van der Waals surface area contributed by atoms with E-state index in [1.54, 1.807) is 6.20 Å². The third-order valence-electron chi connectivity index (χ3n) is 1.85. The maximum absolute atomic E-state index is 6.11. The zero-order valence-corrected chi connectivity index (χ0v) is 9.18. The lowest BCUT2D eigenvalue weighted by atomic mass is 10.1. The van der Waals surface area contributed by atoms with Gasteiger partial charge in [0.25, 0.3) is 0 Å². The van der Waals surface area contributed by atoms with Crippen LogP contribution in [0.4, 0.5) is 0 Å². The van der Waals surface area contributed by atoms with Crippen molar-refractivity contribution in [3.63, 3.8) is 0 Å². The van der Waals surface area contributed by atoms with Gasteiger partial charge in [-0.15, -0.1) is 23.2 Å². The van der Waals surface area contributed by atoms with Crippen LogP contribution in [0.2, 0.25) is 0 Å². The van der Waals surface area contributed by atoms with Crippen molar-refractivity contribution in [2.24, 2.45) is 0 Å². The Morgan fingerprint density at radius 2 is 2.15 bits per heavy atom. The Morgan fingerprint density at radius 3 is 2.69 bits per heavy atom. The molecular formula is C9H12Cl2N2. The Morgan fingerprint density at radius 1 is 1.46 bits per heavy atom. The van der Waals surface area contributed by atoms with Crippen LogP contribution in [0, 0.1) is 0 Å². The molecule has 2 nitrogen and oxygen atoms in total. The van der Waals surface area contributed by atoms with Crippen LogP contribution < -0.4 is 0 Å². The summed E-state index contributed by atoms with van der Waals surface area (Å²) < 4.78 is 0. The van der Waals surface area contributed by atoms with Gasteiger partial charge in [-0.05, 0) is 25.0 Å². The van der Waals surface area contributed by atoms with Gasteiger partial charge in [-0.2, -0.15) is 10.2 Å². The Bertz CT molecular complexity index is 276. The van der Waals surface area contributed by atoms with Gasteiger partial charge < -0.3 is 0 Å². The number of nitrogens with zero attached hydrogens (tertiary/aromatic N) is 2. The van der Waals surface area contributed by atoms with Crippen LogP contribution in [0.1, 0.15) is 42.3 Å². The van der Waals surface area contributed by atoms with E-state index in [2.05, 4.69) is 10.2 Å². The minimum Gasteiger partial charge on any atom is -0.159 e. The molecule has 1 heterocycles. The fraction of sp³-hybridized carbons (Fsp3) is 0.556. The first-order chi connectivity index (χ1) is 6.16. The van der Waals surface area contributed by atoms with Gasteiger partial charge in [0, 0.05) is 6.20 Å². The van der Waals surface area contributed by atoms with Gasteiger partial charge in [0.2, 0.25) is 0 Å². The molecule has 0 aliphatic heterocycles. The lowest BCUT2D eigenvalue weighted by molar-refractivity contribution is 0.806. The summed E-state index contributed by atoms with van der Waals surface area (Å²) in [6.07, 6.45) is 2.51. The lowest BCUT2D eigenvalue weighted by Gasteiger charge is -2.12. The van der Waals surface area contributed by atoms with E-state index in [0.717, 1.165) is 17.7 Å². The second kappa shape index (κ2) is 4.77. The molecule has 1 aromatic rings. The highest BCUT2D eigenvalue weighted by molar-refractivity contribution is 6.22. The predicted octanol–water partition coefficient (Wildman–Crippen LogP) is 3.47. The van der Waals surface area contributed by atoms with Crippen LogP contribution in [0.3, 0.4) is 0 Å². The Kier molecular flexibility index (Phi) is 3.94. The molecule has 0 aliphatic rings. The minimum absolute atomic E-state index is 0.0216. The molecule has 0 aromatic carbocycles. The average Bonchev–Trinajstić information content (AvgIpc) is 2.16. The maximum atomic E-state index is 6.11. The molecule has 0 saturated carbocycles. The third kappa shape index (κ3) is 2.55.